The summed E-state index contributed by atoms with van der Waals surface area (Å²) in [6, 6.07) is 22.6. The lowest BCUT2D eigenvalue weighted by atomic mass is 9.95. The van der Waals surface area contributed by atoms with Gasteiger partial charge in [0.2, 0.25) is 0 Å². The van der Waals surface area contributed by atoms with Crippen LogP contribution in [-0.4, -0.2) is 13.1 Å². The van der Waals surface area contributed by atoms with Crippen LogP contribution in [-0.2, 0) is 16.0 Å². The minimum atomic E-state index is -0.218. The molecule has 21 heavy (non-hydrogen) atoms. The lowest BCUT2D eigenvalue weighted by molar-refractivity contribution is -0.139. The SMILES string of the molecule is COC(=O)Cc1cc(-c2ccccc2)c2ccccc2c1. The van der Waals surface area contributed by atoms with E-state index in [0.29, 0.717) is 6.42 Å². The first-order chi connectivity index (χ1) is 10.3. The molecule has 0 saturated heterocycles. The molecule has 3 aromatic rings. The first-order valence-corrected chi connectivity index (χ1v) is 6.92. The molecule has 3 aromatic carbocycles. The van der Waals surface area contributed by atoms with Gasteiger partial charge >= 0.3 is 5.97 Å². The molecule has 0 atom stereocenters. The summed E-state index contributed by atoms with van der Waals surface area (Å²) in [5, 5.41) is 2.33. The van der Waals surface area contributed by atoms with Crippen molar-refractivity contribution in [3.8, 4) is 11.1 Å². The number of carbonyl (C=O) groups excluding carboxylic acids is 1. The number of hydrogen-bond donors (Lipinski definition) is 0. The molecular weight excluding hydrogens is 260 g/mol. The third-order valence-electron chi connectivity index (χ3n) is 3.58. The quantitative estimate of drug-likeness (QED) is 0.669. The third-order valence-corrected chi connectivity index (χ3v) is 3.58. The van der Waals surface area contributed by atoms with Crippen LogP contribution >= 0.6 is 0 Å². The van der Waals surface area contributed by atoms with E-state index < -0.39 is 0 Å². The minimum Gasteiger partial charge on any atom is -0.469 e. The molecule has 0 heterocycles. The van der Waals surface area contributed by atoms with Gasteiger partial charge in [-0.3, -0.25) is 4.79 Å². The largest absolute Gasteiger partial charge is 0.469 e. The van der Waals surface area contributed by atoms with Gasteiger partial charge in [-0.1, -0.05) is 60.7 Å². The van der Waals surface area contributed by atoms with Crippen LogP contribution in [0.5, 0.6) is 0 Å². The zero-order valence-corrected chi connectivity index (χ0v) is 11.9. The molecule has 0 spiro atoms. The Bertz CT molecular complexity index is 776. The van der Waals surface area contributed by atoms with E-state index in [4.69, 9.17) is 4.74 Å². The first kappa shape index (κ1) is 13.4. The highest BCUT2D eigenvalue weighted by molar-refractivity contribution is 5.97. The predicted octanol–water partition coefficient (Wildman–Crippen LogP) is 4.22. The fourth-order valence-corrected chi connectivity index (χ4v) is 2.57. The summed E-state index contributed by atoms with van der Waals surface area (Å²) in [6.45, 7) is 0. The predicted molar refractivity (Wildman–Crippen MR) is 85.1 cm³/mol. The summed E-state index contributed by atoms with van der Waals surface area (Å²) in [4.78, 5) is 11.5. The van der Waals surface area contributed by atoms with Gasteiger partial charge in [0, 0.05) is 0 Å². The van der Waals surface area contributed by atoms with E-state index in [2.05, 4.69) is 36.4 Å². The molecule has 0 aliphatic rings. The van der Waals surface area contributed by atoms with E-state index in [9.17, 15) is 4.79 Å². The maximum absolute atomic E-state index is 11.5. The molecule has 0 fully saturated rings. The number of benzene rings is 3. The maximum atomic E-state index is 11.5. The second-order valence-electron chi connectivity index (χ2n) is 4.98. The molecule has 0 aliphatic carbocycles. The fourth-order valence-electron chi connectivity index (χ4n) is 2.57. The molecule has 0 radical (unpaired) electrons. The number of esters is 1. The number of carbonyl (C=O) groups is 1. The van der Waals surface area contributed by atoms with E-state index in [1.807, 2.05) is 30.3 Å². The summed E-state index contributed by atoms with van der Waals surface area (Å²) in [6.07, 6.45) is 0.293. The third kappa shape index (κ3) is 2.79. The van der Waals surface area contributed by atoms with Crippen LogP contribution in [0.15, 0.2) is 66.7 Å². The Morgan fingerprint density at radius 2 is 1.67 bits per heavy atom. The maximum Gasteiger partial charge on any atom is 0.309 e. The van der Waals surface area contributed by atoms with Crippen LogP contribution in [0.4, 0.5) is 0 Å². The average Bonchev–Trinajstić information content (AvgIpc) is 2.55. The Balaban J connectivity index is 2.19. The Morgan fingerprint density at radius 3 is 2.43 bits per heavy atom. The highest BCUT2D eigenvalue weighted by Gasteiger charge is 2.09. The summed E-state index contributed by atoms with van der Waals surface area (Å²) >= 11 is 0. The van der Waals surface area contributed by atoms with E-state index >= 15 is 0 Å². The van der Waals surface area contributed by atoms with Crippen molar-refractivity contribution in [2.45, 2.75) is 6.42 Å². The van der Waals surface area contributed by atoms with Crippen molar-refractivity contribution in [3.05, 3.63) is 72.3 Å². The molecule has 3 rings (SSSR count). The summed E-state index contributed by atoms with van der Waals surface area (Å²) in [5.74, 6) is -0.218. The van der Waals surface area contributed by atoms with Gasteiger partial charge in [0.25, 0.3) is 0 Å². The highest BCUT2D eigenvalue weighted by Crippen LogP contribution is 2.30. The zero-order valence-electron chi connectivity index (χ0n) is 11.9. The van der Waals surface area contributed by atoms with Crippen LogP contribution < -0.4 is 0 Å². The van der Waals surface area contributed by atoms with E-state index in [-0.39, 0.29) is 5.97 Å². The number of rotatable bonds is 3. The summed E-state index contributed by atoms with van der Waals surface area (Å²) < 4.78 is 4.77. The summed E-state index contributed by atoms with van der Waals surface area (Å²) in [5.41, 5.74) is 3.27. The monoisotopic (exact) mass is 276 g/mol. The number of hydrogen-bond acceptors (Lipinski definition) is 2. The number of ether oxygens (including phenoxy) is 1. The standard InChI is InChI=1S/C19H16O2/c1-21-19(20)13-14-11-16-9-5-6-10-17(16)18(12-14)15-7-3-2-4-8-15/h2-12H,13H2,1H3. The zero-order chi connectivity index (χ0) is 14.7. The number of fused-ring (bicyclic) bond motifs is 1. The van der Waals surface area contributed by atoms with Crippen molar-refractivity contribution >= 4 is 16.7 Å². The van der Waals surface area contributed by atoms with Crippen molar-refractivity contribution in [1.82, 2.24) is 0 Å². The van der Waals surface area contributed by atoms with Crippen LogP contribution in [0.3, 0.4) is 0 Å². The van der Waals surface area contributed by atoms with Crippen molar-refractivity contribution in [2.24, 2.45) is 0 Å². The van der Waals surface area contributed by atoms with Gasteiger partial charge in [0.15, 0.2) is 0 Å². The van der Waals surface area contributed by atoms with Crippen LogP contribution in [0.2, 0.25) is 0 Å². The molecular formula is C19H16O2. The van der Waals surface area contributed by atoms with Gasteiger partial charge in [0.1, 0.15) is 0 Å². The van der Waals surface area contributed by atoms with Gasteiger partial charge in [0.05, 0.1) is 13.5 Å². The van der Waals surface area contributed by atoms with Gasteiger partial charge < -0.3 is 4.74 Å². The molecule has 104 valence electrons. The number of methoxy groups -OCH3 is 1. The van der Waals surface area contributed by atoms with Crippen molar-refractivity contribution in [1.29, 1.82) is 0 Å². The van der Waals surface area contributed by atoms with Gasteiger partial charge in [-0.2, -0.15) is 0 Å². The summed E-state index contributed by atoms with van der Waals surface area (Å²) in [7, 11) is 1.42. The second kappa shape index (κ2) is 5.80. The average molecular weight is 276 g/mol. The van der Waals surface area contributed by atoms with Gasteiger partial charge in [-0.05, 0) is 33.5 Å². The van der Waals surface area contributed by atoms with Crippen molar-refractivity contribution in [3.63, 3.8) is 0 Å². The van der Waals surface area contributed by atoms with E-state index in [0.717, 1.165) is 22.1 Å². The van der Waals surface area contributed by atoms with Crippen LogP contribution in [0.25, 0.3) is 21.9 Å². The van der Waals surface area contributed by atoms with Crippen molar-refractivity contribution < 1.29 is 9.53 Å². The van der Waals surface area contributed by atoms with E-state index in [1.54, 1.807) is 0 Å². The highest BCUT2D eigenvalue weighted by atomic mass is 16.5. The molecule has 0 unspecified atom stereocenters. The molecule has 2 heteroatoms. The molecule has 0 N–H and O–H groups in total. The lowest BCUT2D eigenvalue weighted by Crippen LogP contribution is -2.04. The van der Waals surface area contributed by atoms with Crippen molar-refractivity contribution in [2.75, 3.05) is 7.11 Å². The van der Waals surface area contributed by atoms with E-state index in [1.165, 1.54) is 12.5 Å². The molecule has 0 aromatic heterocycles. The van der Waals surface area contributed by atoms with Crippen LogP contribution in [0.1, 0.15) is 5.56 Å². The Hall–Kier alpha value is -2.61. The smallest absolute Gasteiger partial charge is 0.309 e. The van der Waals surface area contributed by atoms with Gasteiger partial charge in [-0.25, -0.2) is 0 Å². The Kier molecular flexibility index (Phi) is 3.69. The molecule has 0 saturated carbocycles. The lowest BCUT2D eigenvalue weighted by Gasteiger charge is -2.10. The normalized spacial score (nSPS) is 10.5. The Morgan fingerprint density at radius 1 is 0.952 bits per heavy atom. The first-order valence-electron chi connectivity index (χ1n) is 6.92. The molecule has 0 amide bonds. The molecule has 2 nitrogen and oxygen atoms in total. The van der Waals surface area contributed by atoms with Gasteiger partial charge in [-0.15, -0.1) is 0 Å². The molecule has 0 aliphatic heterocycles. The van der Waals surface area contributed by atoms with Crippen LogP contribution in [0, 0.1) is 0 Å². The topological polar surface area (TPSA) is 26.3 Å². The fraction of sp³-hybridized carbons (Fsp3) is 0.105. The minimum absolute atomic E-state index is 0.218. The molecule has 0 bridgehead atoms. The second-order valence-corrected chi connectivity index (χ2v) is 4.98. The Labute approximate surface area is 124 Å².